The van der Waals surface area contributed by atoms with Gasteiger partial charge in [0.2, 0.25) is 5.91 Å². The van der Waals surface area contributed by atoms with Crippen molar-refractivity contribution >= 4 is 11.8 Å². The molecule has 1 unspecified atom stereocenters. The molecule has 3 rings (SSSR count). The highest BCUT2D eigenvalue weighted by Crippen LogP contribution is 2.27. The van der Waals surface area contributed by atoms with Crippen molar-refractivity contribution in [1.29, 1.82) is 0 Å². The number of hydrogen-bond acceptors (Lipinski definition) is 3. The van der Waals surface area contributed by atoms with E-state index in [-0.39, 0.29) is 30.0 Å². The Labute approximate surface area is 145 Å². The lowest BCUT2D eigenvalue weighted by Crippen LogP contribution is -2.29. The Morgan fingerprint density at radius 2 is 2.04 bits per heavy atom. The van der Waals surface area contributed by atoms with E-state index in [4.69, 9.17) is 0 Å². The Morgan fingerprint density at radius 3 is 2.72 bits per heavy atom. The van der Waals surface area contributed by atoms with Crippen LogP contribution in [0.4, 0.5) is 4.39 Å². The van der Waals surface area contributed by atoms with Gasteiger partial charge in [-0.1, -0.05) is 12.1 Å². The fourth-order valence-corrected chi connectivity index (χ4v) is 3.01. The lowest BCUT2D eigenvalue weighted by molar-refractivity contribution is -0.129. The molecule has 132 valence electrons. The van der Waals surface area contributed by atoms with Crippen LogP contribution in [0.15, 0.2) is 30.3 Å². The largest absolute Gasteiger partial charge is 0.343 e. The van der Waals surface area contributed by atoms with Crippen LogP contribution in [-0.2, 0) is 11.2 Å². The first-order chi connectivity index (χ1) is 11.9. The summed E-state index contributed by atoms with van der Waals surface area (Å²) in [6, 6.07) is 7.76. The summed E-state index contributed by atoms with van der Waals surface area (Å²) >= 11 is 0. The van der Waals surface area contributed by atoms with E-state index >= 15 is 0 Å². The fraction of sp³-hybridized carbons (Fsp3) is 0.389. The molecule has 25 heavy (non-hydrogen) atoms. The maximum absolute atomic E-state index is 12.9. The van der Waals surface area contributed by atoms with Crippen LogP contribution in [-0.4, -0.2) is 59.0 Å². The highest BCUT2D eigenvalue weighted by molar-refractivity contribution is 5.92. The maximum Gasteiger partial charge on any atom is 0.273 e. The minimum Gasteiger partial charge on any atom is -0.343 e. The van der Waals surface area contributed by atoms with E-state index in [1.165, 1.54) is 17.0 Å². The summed E-state index contributed by atoms with van der Waals surface area (Å²) in [7, 11) is 3.37. The molecule has 1 aliphatic heterocycles. The van der Waals surface area contributed by atoms with Crippen LogP contribution in [0, 0.1) is 5.82 Å². The monoisotopic (exact) mass is 344 g/mol. The van der Waals surface area contributed by atoms with Crippen LogP contribution >= 0.6 is 0 Å². The molecule has 0 radical (unpaired) electrons. The fourth-order valence-electron chi connectivity index (χ4n) is 3.01. The summed E-state index contributed by atoms with van der Waals surface area (Å²) in [5.74, 6) is -0.281. The van der Waals surface area contributed by atoms with Crippen molar-refractivity contribution in [2.24, 2.45) is 0 Å². The van der Waals surface area contributed by atoms with Crippen LogP contribution in [0.1, 0.15) is 34.1 Å². The highest BCUT2D eigenvalue weighted by Gasteiger charge is 2.29. The van der Waals surface area contributed by atoms with Gasteiger partial charge in [0.1, 0.15) is 11.5 Å². The molecule has 6 nitrogen and oxygen atoms in total. The molecule has 1 atom stereocenters. The second-order valence-electron chi connectivity index (χ2n) is 6.54. The minimum atomic E-state index is -0.306. The van der Waals surface area contributed by atoms with Gasteiger partial charge >= 0.3 is 0 Å². The summed E-state index contributed by atoms with van der Waals surface area (Å²) in [6.07, 6.45) is 1.09. The number of rotatable bonds is 4. The van der Waals surface area contributed by atoms with Gasteiger partial charge in [-0.05, 0) is 30.2 Å². The van der Waals surface area contributed by atoms with Crippen LogP contribution < -0.4 is 0 Å². The second-order valence-corrected chi connectivity index (χ2v) is 6.54. The molecule has 1 N–H and O–H groups in total. The molecule has 0 bridgehead atoms. The molecule has 2 heterocycles. The predicted molar refractivity (Wildman–Crippen MR) is 90.6 cm³/mol. The Hall–Kier alpha value is -2.70. The lowest BCUT2D eigenvalue weighted by atomic mass is 10.0. The quantitative estimate of drug-likeness (QED) is 0.920. The number of hydrogen-bond donors (Lipinski definition) is 1. The number of halogens is 1. The summed E-state index contributed by atoms with van der Waals surface area (Å²) in [4.78, 5) is 27.6. The van der Waals surface area contributed by atoms with Crippen molar-refractivity contribution in [2.75, 3.05) is 27.2 Å². The number of carbonyl (C=O) groups excluding carboxylic acids is 2. The molecule has 0 spiro atoms. The molecule has 1 aromatic carbocycles. The first kappa shape index (κ1) is 17.1. The minimum absolute atomic E-state index is 0.0261. The number of H-pyrrole nitrogens is 1. The van der Waals surface area contributed by atoms with Crippen LogP contribution in [0.3, 0.4) is 0 Å². The smallest absolute Gasteiger partial charge is 0.273 e. The molecule has 2 aromatic rings. The van der Waals surface area contributed by atoms with Gasteiger partial charge in [-0.2, -0.15) is 5.10 Å². The third kappa shape index (κ3) is 3.87. The van der Waals surface area contributed by atoms with Crippen LogP contribution in [0.25, 0.3) is 0 Å². The van der Waals surface area contributed by atoms with Crippen molar-refractivity contribution in [2.45, 2.75) is 18.8 Å². The standard InChI is InChI=1S/C18H21FN4O2/c1-22(2)18(25)16-10-15(20-21-16)13-7-8-23(11-13)17(24)9-12-3-5-14(19)6-4-12/h3-6,10,13H,7-9,11H2,1-2H3,(H,20,21). The number of nitrogens with one attached hydrogen (secondary N) is 1. The Kier molecular flexibility index (Phi) is 4.83. The van der Waals surface area contributed by atoms with Crippen LogP contribution in [0.2, 0.25) is 0 Å². The molecule has 1 fully saturated rings. The van der Waals surface area contributed by atoms with Crippen molar-refractivity contribution in [3.05, 3.63) is 53.1 Å². The number of amides is 2. The molecule has 0 aliphatic carbocycles. The number of benzene rings is 1. The summed E-state index contributed by atoms with van der Waals surface area (Å²) in [5.41, 5.74) is 2.06. The van der Waals surface area contributed by atoms with E-state index in [1.807, 2.05) is 4.90 Å². The third-order valence-electron chi connectivity index (χ3n) is 4.47. The van der Waals surface area contributed by atoms with Crippen molar-refractivity contribution in [3.8, 4) is 0 Å². The molecule has 2 amide bonds. The van der Waals surface area contributed by atoms with E-state index < -0.39 is 0 Å². The Morgan fingerprint density at radius 1 is 1.32 bits per heavy atom. The highest BCUT2D eigenvalue weighted by atomic mass is 19.1. The van der Waals surface area contributed by atoms with E-state index in [1.54, 1.807) is 32.3 Å². The zero-order chi connectivity index (χ0) is 18.0. The van der Waals surface area contributed by atoms with E-state index in [0.29, 0.717) is 18.8 Å². The van der Waals surface area contributed by atoms with Gasteiger partial charge in [0.15, 0.2) is 0 Å². The molecule has 1 aliphatic rings. The zero-order valence-corrected chi connectivity index (χ0v) is 14.3. The number of nitrogens with zero attached hydrogens (tertiary/aromatic N) is 3. The third-order valence-corrected chi connectivity index (χ3v) is 4.47. The average Bonchev–Trinajstić information content (AvgIpc) is 3.25. The first-order valence-electron chi connectivity index (χ1n) is 8.23. The van der Waals surface area contributed by atoms with E-state index in [0.717, 1.165) is 17.7 Å². The maximum atomic E-state index is 12.9. The zero-order valence-electron chi connectivity index (χ0n) is 14.3. The molecule has 0 saturated carbocycles. The van der Waals surface area contributed by atoms with Crippen LogP contribution in [0.5, 0.6) is 0 Å². The van der Waals surface area contributed by atoms with Gasteiger partial charge in [0.05, 0.1) is 6.42 Å². The van der Waals surface area contributed by atoms with Gasteiger partial charge in [0.25, 0.3) is 5.91 Å². The number of likely N-dealkylation sites (tertiary alicyclic amines) is 1. The average molecular weight is 344 g/mol. The molecule has 1 saturated heterocycles. The van der Waals surface area contributed by atoms with Gasteiger partial charge in [-0.15, -0.1) is 0 Å². The predicted octanol–water partition coefficient (Wildman–Crippen LogP) is 1.81. The van der Waals surface area contributed by atoms with Gasteiger partial charge < -0.3 is 9.80 Å². The van der Waals surface area contributed by atoms with Crippen molar-refractivity contribution in [3.63, 3.8) is 0 Å². The van der Waals surface area contributed by atoms with Gasteiger partial charge in [-0.25, -0.2) is 4.39 Å². The second kappa shape index (κ2) is 7.04. The number of carbonyl (C=O) groups is 2. The number of aromatic nitrogens is 2. The van der Waals surface area contributed by atoms with E-state index in [9.17, 15) is 14.0 Å². The Balaban J connectivity index is 1.60. The molecular formula is C18H21FN4O2. The normalized spacial score (nSPS) is 16.9. The number of aromatic amines is 1. The Bertz CT molecular complexity index is 770. The SMILES string of the molecule is CN(C)C(=O)c1cc(C2CCN(C(=O)Cc3ccc(F)cc3)C2)[nH]n1. The van der Waals surface area contributed by atoms with Crippen molar-refractivity contribution in [1.82, 2.24) is 20.0 Å². The summed E-state index contributed by atoms with van der Waals surface area (Å²) < 4.78 is 12.9. The first-order valence-corrected chi connectivity index (χ1v) is 8.23. The van der Waals surface area contributed by atoms with E-state index in [2.05, 4.69) is 10.2 Å². The summed E-state index contributed by atoms with van der Waals surface area (Å²) in [5, 5.41) is 6.99. The molecule has 7 heteroatoms. The summed E-state index contributed by atoms with van der Waals surface area (Å²) in [6.45, 7) is 1.26. The molecule has 1 aromatic heterocycles. The lowest BCUT2D eigenvalue weighted by Gasteiger charge is -2.16. The van der Waals surface area contributed by atoms with Gasteiger partial charge in [-0.3, -0.25) is 14.7 Å². The molecular weight excluding hydrogens is 323 g/mol. The topological polar surface area (TPSA) is 69.3 Å². The van der Waals surface area contributed by atoms with Crippen molar-refractivity contribution < 1.29 is 14.0 Å². The van der Waals surface area contributed by atoms with Gasteiger partial charge in [0, 0.05) is 38.8 Å².